The Bertz CT molecular complexity index is 890. The SMILES string of the molecule is COc1ccc(C)cc1Nc1ccc(C(=O)Nc2cc(C)on2)nn1. The number of ether oxygens (including phenoxy) is 1. The second-order valence-electron chi connectivity index (χ2n) is 5.41. The zero-order valence-electron chi connectivity index (χ0n) is 14.0. The highest BCUT2D eigenvalue weighted by atomic mass is 16.5. The first-order chi connectivity index (χ1) is 12.0. The molecule has 0 saturated carbocycles. The highest BCUT2D eigenvalue weighted by molar-refractivity contribution is 6.02. The van der Waals surface area contributed by atoms with Gasteiger partial charge in [0.25, 0.3) is 5.91 Å². The number of rotatable bonds is 5. The molecule has 2 heterocycles. The third kappa shape index (κ3) is 3.92. The van der Waals surface area contributed by atoms with Crippen molar-refractivity contribution in [2.24, 2.45) is 0 Å². The molecule has 0 aliphatic rings. The van der Waals surface area contributed by atoms with Gasteiger partial charge in [0.2, 0.25) is 0 Å². The molecule has 0 bridgehead atoms. The van der Waals surface area contributed by atoms with Gasteiger partial charge in [0.05, 0.1) is 12.8 Å². The van der Waals surface area contributed by atoms with Gasteiger partial charge in [-0.15, -0.1) is 10.2 Å². The summed E-state index contributed by atoms with van der Waals surface area (Å²) in [6.07, 6.45) is 0. The molecule has 1 amide bonds. The lowest BCUT2D eigenvalue weighted by molar-refractivity contribution is 0.102. The number of hydrogen-bond donors (Lipinski definition) is 2. The average molecular weight is 339 g/mol. The number of aryl methyl sites for hydroxylation is 2. The quantitative estimate of drug-likeness (QED) is 0.736. The van der Waals surface area contributed by atoms with Gasteiger partial charge in [0, 0.05) is 6.07 Å². The van der Waals surface area contributed by atoms with Crippen LogP contribution >= 0.6 is 0 Å². The highest BCUT2D eigenvalue weighted by Gasteiger charge is 2.12. The van der Waals surface area contributed by atoms with Gasteiger partial charge in [-0.25, -0.2) is 0 Å². The topological polar surface area (TPSA) is 102 Å². The third-order valence-corrected chi connectivity index (χ3v) is 3.38. The van der Waals surface area contributed by atoms with Crippen LogP contribution in [0.3, 0.4) is 0 Å². The second-order valence-corrected chi connectivity index (χ2v) is 5.41. The Labute approximate surface area is 144 Å². The number of nitrogens with one attached hydrogen (secondary N) is 2. The van der Waals surface area contributed by atoms with Crippen molar-refractivity contribution in [1.29, 1.82) is 0 Å². The van der Waals surface area contributed by atoms with Gasteiger partial charge in [0.1, 0.15) is 11.5 Å². The molecule has 1 aromatic carbocycles. The molecule has 0 unspecified atom stereocenters. The molecule has 2 N–H and O–H groups in total. The summed E-state index contributed by atoms with van der Waals surface area (Å²) < 4.78 is 10.2. The van der Waals surface area contributed by atoms with Gasteiger partial charge in [-0.2, -0.15) is 0 Å². The van der Waals surface area contributed by atoms with Gasteiger partial charge >= 0.3 is 0 Å². The van der Waals surface area contributed by atoms with Crippen LogP contribution in [0.25, 0.3) is 0 Å². The number of aromatic nitrogens is 3. The average Bonchev–Trinajstić information content (AvgIpc) is 3.00. The lowest BCUT2D eigenvalue weighted by Crippen LogP contribution is -2.14. The number of amides is 1. The number of anilines is 3. The summed E-state index contributed by atoms with van der Waals surface area (Å²) in [5.74, 6) is 1.71. The number of carbonyl (C=O) groups excluding carboxylic acids is 1. The van der Waals surface area contributed by atoms with E-state index in [1.54, 1.807) is 32.2 Å². The van der Waals surface area contributed by atoms with E-state index in [-0.39, 0.29) is 5.69 Å². The summed E-state index contributed by atoms with van der Waals surface area (Å²) >= 11 is 0. The van der Waals surface area contributed by atoms with Crippen LogP contribution in [0.15, 0.2) is 40.9 Å². The highest BCUT2D eigenvalue weighted by Crippen LogP contribution is 2.27. The minimum atomic E-state index is -0.416. The van der Waals surface area contributed by atoms with E-state index >= 15 is 0 Å². The normalized spacial score (nSPS) is 10.4. The van der Waals surface area contributed by atoms with E-state index in [4.69, 9.17) is 9.26 Å². The standard InChI is InChI=1S/C17H17N5O3/c1-10-4-6-14(24-3)13(8-10)18-15-7-5-12(20-21-15)17(23)19-16-9-11(2)25-22-16/h4-9H,1-3H3,(H,18,21)(H,19,22,23). The molecule has 3 rings (SSSR count). The van der Waals surface area contributed by atoms with E-state index in [2.05, 4.69) is 26.0 Å². The molecular weight excluding hydrogens is 322 g/mol. The van der Waals surface area contributed by atoms with Gasteiger partial charge in [0.15, 0.2) is 17.3 Å². The van der Waals surface area contributed by atoms with Crippen molar-refractivity contribution >= 4 is 23.2 Å². The predicted octanol–water partition coefficient (Wildman–Crippen LogP) is 3.09. The van der Waals surface area contributed by atoms with Crippen LogP contribution in [0, 0.1) is 13.8 Å². The van der Waals surface area contributed by atoms with Crippen LogP contribution in [0.1, 0.15) is 21.8 Å². The zero-order chi connectivity index (χ0) is 17.8. The minimum Gasteiger partial charge on any atom is -0.495 e. The Morgan fingerprint density at radius 2 is 1.92 bits per heavy atom. The minimum absolute atomic E-state index is 0.169. The molecule has 3 aromatic rings. The van der Waals surface area contributed by atoms with Gasteiger partial charge < -0.3 is 19.9 Å². The van der Waals surface area contributed by atoms with E-state index in [0.717, 1.165) is 11.3 Å². The monoisotopic (exact) mass is 339 g/mol. The molecule has 128 valence electrons. The molecule has 8 heteroatoms. The lowest BCUT2D eigenvalue weighted by Gasteiger charge is -2.11. The van der Waals surface area contributed by atoms with Crippen molar-refractivity contribution in [1.82, 2.24) is 15.4 Å². The molecule has 2 aromatic heterocycles. The molecule has 0 fully saturated rings. The number of nitrogens with zero attached hydrogens (tertiary/aromatic N) is 3. The molecule has 0 aliphatic carbocycles. The summed E-state index contributed by atoms with van der Waals surface area (Å²) in [4.78, 5) is 12.1. The van der Waals surface area contributed by atoms with Crippen molar-refractivity contribution in [3.63, 3.8) is 0 Å². The summed E-state index contributed by atoms with van der Waals surface area (Å²) in [7, 11) is 1.60. The smallest absolute Gasteiger partial charge is 0.277 e. The Balaban J connectivity index is 1.72. The first-order valence-corrected chi connectivity index (χ1v) is 7.55. The van der Waals surface area contributed by atoms with Crippen molar-refractivity contribution < 1.29 is 14.1 Å². The van der Waals surface area contributed by atoms with Crippen LogP contribution in [-0.4, -0.2) is 28.4 Å². The fraction of sp³-hybridized carbons (Fsp3) is 0.176. The molecule has 0 radical (unpaired) electrons. The fourth-order valence-corrected chi connectivity index (χ4v) is 2.18. The second kappa shape index (κ2) is 7.00. The van der Waals surface area contributed by atoms with Crippen LogP contribution in [0.2, 0.25) is 0 Å². The van der Waals surface area contributed by atoms with Crippen molar-refractivity contribution in [3.05, 3.63) is 53.4 Å². The van der Waals surface area contributed by atoms with Crippen molar-refractivity contribution in [2.45, 2.75) is 13.8 Å². The Hall–Kier alpha value is -3.42. The first-order valence-electron chi connectivity index (χ1n) is 7.55. The van der Waals surface area contributed by atoms with Crippen molar-refractivity contribution in [2.75, 3.05) is 17.7 Å². The van der Waals surface area contributed by atoms with Crippen LogP contribution in [-0.2, 0) is 0 Å². The van der Waals surface area contributed by atoms with Crippen molar-refractivity contribution in [3.8, 4) is 5.75 Å². The summed E-state index contributed by atoms with van der Waals surface area (Å²) in [6.45, 7) is 3.72. The third-order valence-electron chi connectivity index (χ3n) is 3.38. The Morgan fingerprint density at radius 3 is 2.56 bits per heavy atom. The van der Waals surface area contributed by atoms with Crippen LogP contribution in [0.4, 0.5) is 17.3 Å². The predicted molar refractivity (Wildman–Crippen MR) is 92.2 cm³/mol. The van der Waals surface area contributed by atoms with Gasteiger partial charge in [-0.3, -0.25) is 4.79 Å². The Kier molecular flexibility index (Phi) is 4.60. The first kappa shape index (κ1) is 16.4. The number of hydrogen-bond acceptors (Lipinski definition) is 7. The lowest BCUT2D eigenvalue weighted by atomic mass is 10.2. The number of carbonyl (C=O) groups is 1. The Morgan fingerprint density at radius 1 is 1.08 bits per heavy atom. The summed E-state index contributed by atoms with van der Waals surface area (Å²) in [5.41, 5.74) is 2.02. The van der Waals surface area contributed by atoms with E-state index in [1.165, 1.54) is 0 Å². The maximum atomic E-state index is 12.1. The fourth-order valence-electron chi connectivity index (χ4n) is 2.18. The zero-order valence-corrected chi connectivity index (χ0v) is 14.0. The number of methoxy groups -OCH3 is 1. The summed E-state index contributed by atoms with van der Waals surface area (Å²) in [6, 6.07) is 10.6. The molecular formula is C17H17N5O3. The molecule has 0 saturated heterocycles. The van der Waals surface area contributed by atoms with Gasteiger partial charge in [-0.05, 0) is 43.7 Å². The molecule has 8 nitrogen and oxygen atoms in total. The molecule has 25 heavy (non-hydrogen) atoms. The van der Waals surface area contributed by atoms with E-state index < -0.39 is 5.91 Å². The van der Waals surface area contributed by atoms with E-state index in [9.17, 15) is 4.79 Å². The summed E-state index contributed by atoms with van der Waals surface area (Å²) in [5, 5.41) is 17.4. The maximum absolute atomic E-state index is 12.1. The molecule has 0 atom stereocenters. The van der Waals surface area contributed by atoms with E-state index in [0.29, 0.717) is 23.1 Å². The van der Waals surface area contributed by atoms with Crippen LogP contribution in [0.5, 0.6) is 5.75 Å². The molecule has 0 aliphatic heterocycles. The number of benzene rings is 1. The van der Waals surface area contributed by atoms with E-state index in [1.807, 2.05) is 25.1 Å². The van der Waals surface area contributed by atoms with Gasteiger partial charge in [-0.1, -0.05) is 11.2 Å². The largest absolute Gasteiger partial charge is 0.495 e. The van der Waals surface area contributed by atoms with Crippen LogP contribution < -0.4 is 15.4 Å². The maximum Gasteiger partial charge on any atom is 0.277 e. The molecule has 0 spiro atoms.